The zero-order chi connectivity index (χ0) is 17.9. The second kappa shape index (κ2) is 7.40. The minimum absolute atomic E-state index is 0.0315. The van der Waals surface area contributed by atoms with Crippen LogP contribution in [0.1, 0.15) is 27.2 Å². The highest BCUT2D eigenvalue weighted by molar-refractivity contribution is 6.35. The van der Waals surface area contributed by atoms with Crippen LogP contribution < -0.4 is 11.1 Å². The van der Waals surface area contributed by atoms with E-state index < -0.39 is 17.8 Å². The summed E-state index contributed by atoms with van der Waals surface area (Å²) in [7, 11) is 0. The number of rotatable bonds is 3. The number of hydrogen-bond donors (Lipinski definition) is 3. The Balaban J connectivity index is 1.87. The molecule has 0 radical (unpaired) electrons. The Morgan fingerprint density at radius 3 is 2.88 bits per heavy atom. The fraction of sp³-hybridized carbons (Fsp3) is 0.667. The monoisotopic (exact) mass is 357 g/mol. The Bertz CT molecular complexity index is 593. The van der Waals surface area contributed by atoms with E-state index in [1.807, 2.05) is 20.8 Å². The third-order valence-electron chi connectivity index (χ3n) is 3.72. The van der Waals surface area contributed by atoms with Crippen LogP contribution in [0.15, 0.2) is 6.33 Å². The van der Waals surface area contributed by atoms with E-state index in [0.29, 0.717) is 25.3 Å². The lowest BCUT2D eigenvalue weighted by Crippen LogP contribution is -2.49. The number of ether oxygens (including phenoxy) is 1. The number of aromatic nitrogens is 2. The summed E-state index contributed by atoms with van der Waals surface area (Å²) in [5, 5.41) is 13.6. The van der Waals surface area contributed by atoms with Crippen molar-refractivity contribution in [2.75, 3.05) is 30.7 Å². The van der Waals surface area contributed by atoms with E-state index >= 15 is 0 Å². The molecule has 1 aliphatic rings. The normalized spacial score (nSPS) is 21.5. The van der Waals surface area contributed by atoms with Crippen molar-refractivity contribution in [2.24, 2.45) is 5.92 Å². The van der Waals surface area contributed by atoms with Crippen molar-refractivity contribution in [3.63, 3.8) is 0 Å². The first-order valence-corrected chi connectivity index (χ1v) is 8.21. The van der Waals surface area contributed by atoms with Crippen LogP contribution in [0.5, 0.6) is 0 Å². The van der Waals surface area contributed by atoms with Gasteiger partial charge in [0.05, 0.1) is 12.6 Å². The Hall–Kier alpha value is -1.80. The zero-order valence-electron chi connectivity index (χ0n) is 14.1. The van der Waals surface area contributed by atoms with Crippen molar-refractivity contribution < 1.29 is 14.6 Å². The number of nitrogens with two attached hydrogens (primary N) is 1. The number of halogens is 1. The summed E-state index contributed by atoms with van der Waals surface area (Å²) in [5.41, 5.74) is 5.08. The smallest absolute Gasteiger partial charge is 0.410 e. The van der Waals surface area contributed by atoms with Gasteiger partial charge in [-0.3, -0.25) is 0 Å². The first kappa shape index (κ1) is 18.5. The minimum atomic E-state index is -0.656. The van der Waals surface area contributed by atoms with Crippen LogP contribution in [0.2, 0.25) is 5.02 Å². The van der Waals surface area contributed by atoms with E-state index in [-0.39, 0.29) is 23.3 Å². The van der Waals surface area contributed by atoms with Crippen LogP contribution >= 0.6 is 11.6 Å². The van der Waals surface area contributed by atoms with Crippen LogP contribution in [0.25, 0.3) is 0 Å². The summed E-state index contributed by atoms with van der Waals surface area (Å²) in [5.74, 6) is 0.608. The van der Waals surface area contributed by atoms with Gasteiger partial charge in [0.25, 0.3) is 0 Å². The molecule has 134 valence electrons. The van der Waals surface area contributed by atoms with Crippen molar-refractivity contribution in [3.8, 4) is 0 Å². The number of aliphatic hydroxyl groups excluding tert-OH is 1. The molecule has 0 spiro atoms. The molecule has 1 saturated heterocycles. The fourth-order valence-electron chi connectivity index (χ4n) is 2.45. The predicted octanol–water partition coefficient (Wildman–Crippen LogP) is 1.74. The molecule has 0 unspecified atom stereocenters. The number of piperidine rings is 1. The Morgan fingerprint density at radius 1 is 1.54 bits per heavy atom. The molecule has 2 rings (SSSR count). The van der Waals surface area contributed by atoms with Gasteiger partial charge in [-0.15, -0.1) is 0 Å². The second-order valence-electron chi connectivity index (χ2n) is 6.84. The number of anilines is 2. The topological polar surface area (TPSA) is 114 Å². The van der Waals surface area contributed by atoms with E-state index in [2.05, 4.69) is 15.3 Å². The highest BCUT2D eigenvalue weighted by Gasteiger charge is 2.32. The molecule has 1 aromatic heterocycles. The average Bonchev–Trinajstić information content (AvgIpc) is 2.48. The number of carbonyl (C=O) groups excluding carboxylic acids is 1. The maximum Gasteiger partial charge on any atom is 0.410 e. The minimum Gasteiger partial charge on any atom is -0.444 e. The average molecular weight is 358 g/mol. The number of nitrogens with one attached hydrogen (secondary N) is 1. The molecule has 0 aliphatic carbocycles. The van der Waals surface area contributed by atoms with Crippen molar-refractivity contribution in [3.05, 3.63) is 11.3 Å². The molecule has 1 aromatic rings. The van der Waals surface area contributed by atoms with Crippen LogP contribution in [0, 0.1) is 5.92 Å². The van der Waals surface area contributed by atoms with E-state index in [0.717, 1.165) is 0 Å². The molecule has 1 fully saturated rings. The van der Waals surface area contributed by atoms with Gasteiger partial charge >= 0.3 is 6.09 Å². The molecule has 2 atom stereocenters. The van der Waals surface area contributed by atoms with Gasteiger partial charge in [-0.25, -0.2) is 14.8 Å². The third kappa shape index (κ3) is 4.85. The van der Waals surface area contributed by atoms with Crippen molar-refractivity contribution in [1.29, 1.82) is 0 Å². The number of carbonyl (C=O) groups is 1. The number of β-amino-alcohol motifs (C(OH)–C–C–N with tert-alkyl or cyclic N) is 1. The Morgan fingerprint density at radius 2 is 2.25 bits per heavy atom. The molecular formula is C15H24ClN5O3. The van der Waals surface area contributed by atoms with E-state index in [9.17, 15) is 9.90 Å². The van der Waals surface area contributed by atoms with Crippen LogP contribution in [-0.2, 0) is 4.74 Å². The standard InChI is InChI=1S/C15H24ClN5O3/c1-15(2,3)24-14(23)21-5-4-9(10(22)7-21)6-18-13-11(16)12(17)19-8-20-13/h8-10,22H,4-7H2,1-3H3,(H3,17,18,19,20)/t9-,10-/m0/s1. The highest BCUT2D eigenvalue weighted by Crippen LogP contribution is 2.25. The molecule has 0 saturated carbocycles. The van der Waals surface area contributed by atoms with Crippen molar-refractivity contribution >= 4 is 29.3 Å². The fourth-order valence-corrected chi connectivity index (χ4v) is 2.61. The van der Waals surface area contributed by atoms with Crippen LogP contribution in [0.3, 0.4) is 0 Å². The number of amides is 1. The summed E-state index contributed by atoms with van der Waals surface area (Å²) >= 11 is 6.03. The van der Waals surface area contributed by atoms with Gasteiger partial charge < -0.3 is 25.8 Å². The molecule has 2 heterocycles. The van der Waals surface area contributed by atoms with Gasteiger partial charge in [-0.05, 0) is 27.2 Å². The summed E-state index contributed by atoms with van der Waals surface area (Å²) in [4.78, 5) is 21.4. The predicted molar refractivity (Wildman–Crippen MR) is 91.9 cm³/mol. The number of likely N-dealkylation sites (tertiary alicyclic amines) is 1. The second-order valence-corrected chi connectivity index (χ2v) is 7.22. The number of nitrogen functional groups attached to an aromatic ring is 1. The number of aliphatic hydroxyl groups is 1. The highest BCUT2D eigenvalue weighted by atomic mass is 35.5. The van der Waals surface area contributed by atoms with Gasteiger partial charge in [0.15, 0.2) is 0 Å². The van der Waals surface area contributed by atoms with Gasteiger partial charge in [-0.2, -0.15) is 0 Å². The number of hydrogen-bond acceptors (Lipinski definition) is 7. The van der Waals surface area contributed by atoms with Crippen LogP contribution in [0.4, 0.5) is 16.4 Å². The van der Waals surface area contributed by atoms with Gasteiger partial charge in [0.2, 0.25) is 0 Å². The summed E-state index contributed by atoms with van der Waals surface area (Å²) in [6.45, 7) is 6.68. The largest absolute Gasteiger partial charge is 0.444 e. The molecule has 1 amide bonds. The van der Waals surface area contributed by atoms with Crippen molar-refractivity contribution in [1.82, 2.24) is 14.9 Å². The number of nitrogens with zero attached hydrogens (tertiary/aromatic N) is 3. The molecule has 9 heteroatoms. The molecule has 8 nitrogen and oxygen atoms in total. The Kier molecular flexibility index (Phi) is 5.71. The van der Waals surface area contributed by atoms with E-state index in [4.69, 9.17) is 22.1 Å². The lowest BCUT2D eigenvalue weighted by Gasteiger charge is -2.36. The summed E-state index contributed by atoms with van der Waals surface area (Å²) < 4.78 is 5.33. The van der Waals surface area contributed by atoms with E-state index in [1.54, 1.807) is 0 Å². The third-order valence-corrected chi connectivity index (χ3v) is 4.09. The quantitative estimate of drug-likeness (QED) is 0.754. The summed E-state index contributed by atoms with van der Waals surface area (Å²) in [6, 6.07) is 0. The van der Waals surface area contributed by atoms with Gasteiger partial charge in [0, 0.05) is 19.0 Å². The zero-order valence-corrected chi connectivity index (χ0v) is 14.9. The molecule has 1 aliphatic heterocycles. The van der Waals surface area contributed by atoms with Gasteiger partial charge in [0.1, 0.15) is 28.6 Å². The van der Waals surface area contributed by atoms with E-state index in [1.165, 1.54) is 11.2 Å². The maximum absolute atomic E-state index is 12.1. The SMILES string of the molecule is CC(C)(C)OC(=O)N1CC[C@@H](CNc2ncnc(N)c2Cl)[C@@H](O)C1. The first-order chi connectivity index (χ1) is 11.2. The molecule has 0 bridgehead atoms. The molecule has 24 heavy (non-hydrogen) atoms. The molecule has 4 N–H and O–H groups in total. The van der Waals surface area contributed by atoms with Crippen LogP contribution in [-0.4, -0.2) is 57.4 Å². The molecule has 0 aromatic carbocycles. The molecular weight excluding hydrogens is 334 g/mol. The van der Waals surface area contributed by atoms with Crippen molar-refractivity contribution in [2.45, 2.75) is 38.9 Å². The Labute approximate surface area is 146 Å². The maximum atomic E-state index is 12.1. The summed E-state index contributed by atoms with van der Waals surface area (Å²) in [6.07, 6.45) is 0.910. The van der Waals surface area contributed by atoms with Gasteiger partial charge in [-0.1, -0.05) is 11.6 Å². The lowest BCUT2D eigenvalue weighted by atomic mass is 9.94. The first-order valence-electron chi connectivity index (χ1n) is 7.83. The lowest BCUT2D eigenvalue weighted by molar-refractivity contribution is -0.0104.